The van der Waals surface area contributed by atoms with E-state index in [0.29, 0.717) is 5.92 Å². The van der Waals surface area contributed by atoms with Crippen molar-refractivity contribution >= 4 is 5.97 Å². The molecule has 3 unspecified atom stereocenters. The molecule has 3 aliphatic rings. The van der Waals surface area contributed by atoms with Crippen molar-refractivity contribution < 1.29 is 44.2 Å². The van der Waals surface area contributed by atoms with Crippen molar-refractivity contribution in [3.8, 4) is 0 Å². The van der Waals surface area contributed by atoms with Gasteiger partial charge in [0.25, 0.3) is 0 Å². The zero-order chi connectivity index (χ0) is 20.3. The molecule has 0 spiro atoms. The Kier molecular flexibility index (Phi) is 10.5. The molecule has 3 atom stereocenters. The average Bonchev–Trinajstić information content (AvgIpc) is 2.64. The zero-order valence-electron chi connectivity index (χ0n) is 17.6. The van der Waals surface area contributed by atoms with Gasteiger partial charge in [0, 0.05) is 7.85 Å². The average molecular weight is 447 g/mol. The summed E-state index contributed by atoms with van der Waals surface area (Å²) in [4.78, 5) is 12.5. The van der Waals surface area contributed by atoms with E-state index in [1.165, 1.54) is 25.7 Å². The zero-order valence-corrected chi connectivity index (χ0v) is 17.6. The second-order valence-electron chi connectivity index (χ2n) is 9.12. The van der Waals surface area contributed by atoms with Crippen LogP contribution in [0.4, 0.5) is 17.6 Å². The first-order valence-electron chi connectivity index (χ1n) is 10.8. The van der Waals surface area contributed by atoms with Crippen LogP contribution in [0.25, 0.3) is 0 Å². The minimum atomic E-state index is -4.84. The van der Waals surface area contributed by atoms with Crippen molar-refractivity contribution in [3.63, 3.8) is 0 Å². The lowest BCUT2D eigenvalue weighted by Crippen LogP contribution is -2.41. The van der Waals surface area contributed by atoms with Crippen LogP contribution in [-0.4, -0.2) is 41.7 Å². The number of rotatable bonds is 4. The number of ether oxygens (including phenoxy) is 2. The Bertz CT molecular complexity index is 520. The number of hydrogen-bond acceptors (Lipinski definition) is 3. The minimum absolute atomic E-state index is 0. The van der Waals surface area contributed by atoms with Gasteiger partial charge < -0.3 is 15.7 Å². The van der Waals surface area contributed by atoms with E-state index < -0.39 is 24.7 Å². The lowest BCUT2D eigenvalue weighted by atomic mass is 9.69. The van der Waals surface area contributed by atoms with E-state index in [-0.39, 0.29) is 43.5 Å². The SMILES string of the molecule is CC1CCC(C2CCC(C(=O)OC3CCC(OC(F)(F)F)C(F)C3)CC2)CC1.O.O.[HH]. The Balaban J connectivity index is 0.00000300. The van der Waals surface area contributed by atoms with E-state index in [1.807, 2.05) is 0 Å². The predicted molar refractivity (Wildman–Crippen MR) is 105 cm³/mol. The van der Waals surface area contributed by atoms with Gasteiger partial charge >= 0.3 is 12.3 Å². The van der Waals surface area contributed by atoms with Gasteiger partial charge in [0.05, 0.1) is 12.0 Å². The van der Waals surface area contributed by atoms with Gasteiger partial charge in [0.15, 0.2) is 0 Å². The van der Waals surface area contributed by atoms with Crippen molar-refractivity contribution in [3.05, 3.63) is 0 Å². The molecule has 0 radical (unpaired) electrons. The Morgan fingerprint density at radius 2 is 1.40 bits per heavy atom. The molecule has 0 bridgehead atoms. The molecule has 180 valence electrons. The second-order valence-corrected chi connectivity index (χ2v) is 9.12. The van der Waals surface area contributed by atoms with Crippen LogP contribution in [0, 0.1) is 23.7 Å². The maximum Gasteiger partial charge on any atom is 0.522 e. The third-order valence-corrected chi connectivity index (χ3v) is 7.06. The highest BCUT2D eigenvalue weighted by Gasteiger charge is 2.42. The fourth-order valence-electron chi connectivity index (χ4n) is 5.31. The quantitative estimate of drug-likeness (QED) is 0.468. The van der Waals surface area contributed by atoms with E-state index >= 15 is 0 Å². The van der Waals surface area contributed by atoms with Gasteiger partial charge in [-0.05, 0) is 69.1 Å². The van der Waals surface area contributed by atoms with Crippen LogP contribution in [0.3, 0.4) is 0 Å². The molecule has 30 heavy (non-hydrogen) atoms. The van der Waals surface area contributed by atoms with Crippen LogP contribution in [-0.2, 0) is 14.3 Å². The van der Waals surface area contributed by atoms with Crippen LogP contribution < -0.4 is 0 Å². The standard InChI is InChI=1S/C21H32F4O3.2H2O.H2/c1-13-2-4-14(5-3-13)15-6-8-16(9-7-15)20(26)27-17-10-11-19(18(22)12-17)28-21(23,24)25;;;/h13-19H,2-12H2,1H3;2*1H2;1H. The van der Waals surface area contributed by atoms with Gasteiger partial charge in [-0.15, -0.1) is 13.2 Å². The summed E-state index contributed by atoms with van der Waals surface area (Å²) < 4.78 is 60.1. The molecule has 0 aromatic rings. The summed E-state index contributed by atoms with van der Waals surface area (Å²) >= 11 is 0. The number of halogens is 4. The van der Waals surface area contributed by atoms with E-state index in [4.69, 9.17) is 4.74 Å². The highest BCUT2D eigenvalue weighted by atomic mass is 19.4. The topological polar surface area (TPSA) is 98.5 Å². The van der Waals surface area contributed by atoms with Crippen LogP contribution in [0.5, 0.6) is 0 Å². The maximum absolute atomic E-state index is 14.0. The number of alkyl halides is 4. The molecule has 3 saturated carbocycles. The Labute approximate surface area is 177 Å². The molecule has 4 N–H and O–H groups in total. The molecule has 0 aliphatic heterocycles. The van der Waals surface area contributed by atoms with Crippen LogP contribution in [0.15, 0.2) is 0 Å². The maximum atomic E-state index is 14.0. The van der Waals surface area contributed by atoms with E-state index in [0.717, 1.165) is 37.5 Å². The molecule has 3 rings (SSSR count). The van der Waals surface area contributed by atoms with Crippen molar-refractivity contribution in [1.29, 1.82) is 0 Å². The normalized spacial score (nSPS) is 37.4. The fourth-order valence-corrected chi connectivity index (χ4v) is 5.31. The molecular weight excluding hydrogens is 408 g/mol. The van der Waals surface area contributed by atoms with Crippen molar-refractivity contribution in [2.45, 2.75) is 102 Å². The molecule has 3 fully saturated rings. The first kappa shape index (κ1) is 27.1. The predicted octanol–water partition coefficient (Wildman–Crippen LogP) is 4.55. The van der Waals surface area contributed by atoms with E-state index in [1.54, 1.807) is 0 Å². The number of hydrogen-bond donors (Lipinski definition) is 0. The number of carbonyl (C=O) groups excluding carboxylic acids is 1. The molecule has 3 aliphatic carbocycles. The smallest absolute Gasteiger partial charge is 0.462 e. The fraction of sp³-hybridized carbons (Fsp3) is 0.952. The minimum Gasteiger partial charge on any atom is -0.462 e. The summed E-state index contributed by atoms with van der Waals surface area (Å²) in [5.74, 6) is 1.86. The first-order chi connectivity index (χ1) is 13.2. The highest BCUT2D eigenvalue weighted by molar-refractivity contribution is 5.72. The molecule has 9 heteroatoms. The first-order valence-corrected chi connectivity index (χ1v) is 10.8. The summed E-state index contributed by atoms with van der Waals surface area (Å²) in [6.45, 7) is 2.31. The van der Waals surface area contributed by atoms with Gasteiger partial charge in [-0.1, -0.05) is 19.8 Å². The summed E-state index contributed by atoms with van der Waals surface area (Å²) in [7, 11) is 0. The van der Waals surface area contributed by atoms with Gasteiger partial charge in [0.1, 0.15) is 12.3 Å². The molecular formula is C21H38F4O5. The van der Waals surface area contributed by atoms with Crippen LogP contribution >= 0.6 is 0 Å². The third-order valence-electron chi connectivity index (χ3n) is 7.06. The van der Waals surface area contributed by atoms with Gasteiger partial charge in [-0.3, -0.25) is 9.53 Å². The molecule has 0 aromatic carbocycles. The van der Waals surface area contributed by atoms with E-state index in [9.17, 15) is 22.4 Å². The number of esters is 1. The van der Waals surface area contributed by atoms with Gasteiger partial charge in [-0.25, -0.2) is 4.39 Å². The second kappa shape index (κ2) is 11.6. The van der Waals surface area contributed by atoms with Crippen LogP contribution in [0.2, 0.25) is 0 Å². The van der Waals surface area contributed by atoms with Crippen molar-refractivity contribution in [2.24, 2.45) is 23.7 Å². The molecule has 0 amide bonds. The summed E-state index contributed by atoms with van der Waals surface area (Å²) in [5.41, 5.74) is 0. The lowest BCUT2D eigenvalue weighted by molar-refractivity contribution is -0.352. The Morgan fingerprint density at radius 3 is 1.90 bits per heavy atom. The highest BCUT2D eigenvalue weighted by Crippen LogP contribution is 2.42. The number of carbonyl (C=O) groups is 1. The van der Waals surface area contributed by atoms with Crippen molar-refractivity contribution in [2.75, 3.05) is 0 Å². The third kappa shape index (κ3) is 7.64. The lowest BCUT2D eigenvalue weighted by Gasteiger charge is -2.37. The molecule has 0 heterocycles. The summed E-state index contributed by atoms with van der Waals surface area (Å²) in [5, 5.41) is 0. The summed E-state index contributed by atoms with van der Waals surface area (Å²) in [6, 6.07) is 0. The monoisotopic (exact) mass is 446 g/mol. The molecule has 0 saturated heterocycles. The Morgan fingerprint density at radius 1 is 0.867 bits per heavy atom. The summed E-state index contributed by atoms with van der Waals surface area (Å²) in [6.07, 6.45) is 0.0354. The Hall–Kier alpha value is -0.930. The molecule has 5 nitrogen and oxygen atoms in total. The molecule has 0 aromatic heterocycles. The van der Waals surface area contributed by atoms with Gasteiger partial charge in [0.2, 0.25) is 0 Å². The van der Waals surface area contributed by atoms with Gasteiger partial charge in [-0.2, -0.15) is 0 Å². The van der Waals surface area contributed by atoms with Crippen LogP contribution in [0.1, 0.15) is 79.0 Å². The largest absolute Gasteiger partial charge is 0.522 e. The van der Waals surface area contributed by atoms with E-state index in [2.05, 4.69) is 11.7 Å². The van der Waals surface area contributed by atoms with Crippen molar-refractivity contribution in [1.82, 2.24) is 0 Å².